The molecule has 33 heavy (non-hydrogen) atoms. The Hall–Kier alpha value is -3.99. The van der Waals surface area contributed by atoms with Gasteiger partial charge in [-0.25, -0.2) is 8.78 Å². The van der Waals surface area contributed by atoms with E-state index in [0.717, 1.165) is 24.0 Å². The second-order valence-corrected chi connectivity index (χ2v) is 7.95. The predicted octanol–water partition coefficient (Wildman–Crippen LogP) is 7.75. The summed E-state index contributed by atoms with van der Waals surface area (Å²) in [5.74, 6) is -1.52. The average Bonchev–Trinajstić information content (AvgIpc) is 3.34. The third-order valence-electron chi connectivity index (χ3n) is 5.89. The van der Waals surface area contributed by atoms with Crippen molar-refractivity contribution in [3.63, 3.8) is 0 Å². The van der Waals surface area contributed by atoms with Crippen LogP contribution in [-0.2, 0) is 0 Å². The zero-order chi connectivity index (χ0) is 22.9. The van der Waals surface area contributed by atoms with Crippen molar-refractivity contribution in [3.05, 3.63) is 107 Å². The summed E-state index contributed by atoms with van der Waals surface area (Å²) < 4.78 is 34.6. The molecule has 3 nitrogen and oxygen atoms in total. The number of fused-ring (bicyclic) bond motifs is 2. The van der Waals surface area contributed by atoms with Crippen LogP contribution in [-0.4, -0.2) is 5.91 Å². The number of carbonyl (C=O) groups is 1. The second kappa shape index (κ2) is 8.51. The fraction of sp³-hybridized carbons (Fsp3) is 0.107. The number of furan rings is 2. The monoisotopic (exact) mass is 441 g/mol. The molecule has 0 unspecified atom stereocenters. The summed E-state index contributed by atoms with van der Waals surface area (Å²) in [6.45, 7) is 2.11. The molecular weight excluding hydrogens is 420 g/mol. The number of hydrogen-bond donors (Lipinski definition) is 1. The summed E-state index contributed by atoms with van der Waals surface area (Å²) in [5.41, 5.74) is 5.00. The van der Waals surface area contributed by atoms with Gasteiger partial charge in [0, 0.05) is 22.4 Å². The molecule has 5 heteroatoms. The van der Waals surface area contributed by atoms with Gasteiger partial charge in [0.1, 0.15) is 22.8 Å². The number of carbonyl (C=O) groups excluding carboxylic acids is 1. The highest BCUT2D eigenvalue weighted by molar-refractivity contribution is 6.15. The van der Waals surface area contributed by atoms with Gasteiger partial charge >= 0.3 is 0 Å². The van der Waals surface area contributed by atoms with Crippen molar-refractivity contribution in [3.8, 4) is 11.1 Å². The van der Waals surface area contributed by atoms with Crippen LogP contribution in [0.4, 0.5) is 14.5 Å². The molecule has 0 saturated heterocycles. The van der Waals surface area contributed by atoms with E-state index >= 15 is 0 Å². The molecule has 4 aromatic rings. The number of hydrogen-bond acceptors (Lipinski definition) is 2. The van der Waals surface area contributed by atoms with Crippen molar-refractivity contribution in [2.24, 2.45) is 0 Å². The molecule has 1 N–H and O–H groups in total. The summed E-state index contributed by atoms with van der Waals surface area (Å²) in [6, 6.07) is 13.8. The fourth-order valence-corrected chi connectivity index (χ4v) is 4.15. The number of amides is 1. The van der Waals surface area contributed by atoms with Gasteiger partial charge in [0.05, 0.1) is 5.56 Å². The van der Waals surface area contributed by atoms with Crippen LogP contribution >= 0.6 is 0 Å². The van der Waals surface area contributed by atoms with Crippen molar-refractivity contribution in [1.82, 2.24) is 0 Å². The molecule has 0 radical (unpaired) electrons. The van der Waals surface area contributed by atoms with E-state index in [9.17, 15) is 13.6 Å². The minimum atomic E-state index is -0.620. The molecule has 0 atom stereocenters. The number of benzene rings is 3. The molecule has 2 aromatic heterocycles. The second-order valence-electron chi connectivity index (χ2n) is 7.95. The van der Waals surface area contributed by atoms with E-state index in [0.29, 0.717) is 16.7 Å². The Balaban J connectivity index is 1.46. The maximum atomic E-state index is 14.8. The van der Waals surface area contributed by atoms with Crippen LogP contribution in [0.2, 0.25) is 0 Å². The van der Waals surface area contributed by atoms with Crippen LogP contribution in [0.5, 0.6) is 0 Å². The minimum Gasteiger partial charge on any atom is -0.456 e. The van der Waals surface area contributed by atoms with Crippen LogP contribution in [0, 0.1) is 11.6 Å². The van der Waals surface area contributed by atoms with Gasteiger partial charge in [-0.3, -0.25) is 4.79 Å². The highest BCUT2D eigenvalue weighted by atomic mass is 19.1. The van der Waals surface area contributed by atoms with Crippen molar-refractivity contribution < 1.29 is 18.0 Å². The van der Waals surface area contributed by atoms with Crippen molar-refractivity contribution in [2.45, 2.75) is 19.8 Å². The Morgan fingerprint density at radius 3 is 2.55 bits per heavy atom. The van der Waals surface area contributed by atoms with Crippen molar-refractivity contribution in [1.29, 1.82) is 0 Å². The predicted molar refractivity (Wildman–Crippen MR) is 127 cm³/mol. The number of rotatable bonds is 5. The Morgan fingerprint density at radius 1 is 0.970 bits per heavy atom. The minimum absolute atomic E-state index is 0.134. The third kappa shape index (κ3) is 3.87. The van der Waals surface area contributed by atoms with Crippen LogP contribution < -0.4 is 5.32 Å². The smallest absolute Gasteiger partial charge is 0.260 e. The van der Waals surface area contributed by atoms with E-state index in [1.54, 1.807) is 24.3 Å². The number of allylic oxidation sites excluding steroid dienone is 6. The van der Waals surface area contributed by atoms with Crippen LogP contribution in [0.15, 0.2) is 88.9 Å². The Bertz CT molecular complexity index is 1440. The van der Waals surface area contributed by atoms with Gasteiger partial charge in [0.25, 0.3) is 5.91 Å². The van der Waals surface area contributed by atoms with Gasteiger partial charge in [0.2, 0.25) is 0 Å². The first-order valence-electron chi connectivity index (χ1n) is 10.8. The Morgan fingerprint density at radius 2 is 1.76 bits per heavy atom. The van der Waals surface area contributed by atoms with Crippen LogP contribution in [0.25, 0.3) is 27.9 Å². The maximum Gasteiger partial charge on any atom is 0.260 e. The molecule has 164 valence electrons. The first-order valence-corrected chi connectivity index (χ1v) is 10.8. The molecule has 1 aliphatic rings. The van der Waals surface area contributed by atoms with Crippen LogP contribution in [0.1, 0.15) is 35.7 Å². The average molecular weight is 441 g/mol. The van der Waals surface area contributed by atoms with E-state index in [-0.39, 0.29) is 16.8 Å². The lowest BCUT2D eigenvalue weighted by atomic mass is 9.98. The van der Waals surface area contributed by atoms with E-state index < -0.39 is 17.5 Å². The standard InChI is InChI=1S/C28H21F2NO2/c1-2-17-6-5-7-18(11-10-17)26-24-14-15-25(33-24)27(26)28(32)31-19-12-13-21(23(30)16-19)20-8-3-4-9-22(20)29/h3-5,7-16H,2,6H2,1H3,(H,31,32). The van der Waals surface area contributed by atoms with Gasteiger partial charge in [-0.15, -0.1) is 0 Å². The normalized spacial score (nSPS) is 13.7. The van der Waals surface area contributed by atoms with Gasteiger partial charge in [-0.2, -0.15) is 0 Å². The van der Waals surface area contributed by atoms with E-state index in [4.69, 9.17) is 4.42 Å². The largest absolute Gasteiger partial charge is 0.456 e. The first kappa shape index (κ1) is 20.9. The molecule has 1 aliphatic carbocycles. The zero-order valence-electron chi connectivity index (χ0n) is 18.0. The SMILES string of the molecule is CCC1=CC=C(c2c(C(=O)Nc3ccc(-c4ccccc4F)c(F)c3)c3ccc2o3)C=CC1. The van der Waals surface area contributed by atoms with Gasteiger partial charge < -0.3 is 9.73 Å². The molecule has 0 saturated carbocycles. The van der Waals surface area contributed by atoms with Gasteiger partial charge in [0.15, 0.2) is 0 Å². The summed E-state index contributed by atoms with van der Waals surface area (Å²) in [7, 11) is 0. The fourth-order valence-electron chi connectivity index (χ4n) is 4.15. The zero-order valence-corrected chi connectivity index (χ0v) is 18.0. The van der Waals surface area contributed by atoms with Gasteiger partial charge in [-0.1, -0.05) is 55.0 Å². The van der Waals surface area contributed by atoms with Crippen molar-refractivity contribution in [2.75, 3.05) is 5.32 Å². The number of nitrogens with one attached hydrogen (secondary N) is 1. The van der Waals surface area contributed by atoms with E-state index in [1.165, 1.54) is 29.8 Å². The number of anilines is 1. The quantitative estimate of drug-likeness (QED) is 0.344. The molecule has 0 aliphatic heterocycles. The molecular formula is C28H21F2NO2. The maximum absolute atomic E-state index is 14.8. The van der Waals surface area contributed by atoms with Crippen LogP contribution in [0.3, 0.4) is 0 Å². The summed E-state index contributed by atoms with van der Waals surface area (Å²) in [6.07, 6.45) is 9.97. The lowest BCUT2D eigenvalue weighted by molar-refractivity contribution is 0.102. The molecule has 0 fully saturated rings. The molecule has 5 rings (SSSR count). The highest BCUT2D eigenvalue weighted by Gasteiger charge is 2.25. The number of halogens is 2. The molecule has 0 spiro atoms. The summed E-state index contributed by atoms with van der Waals surface area (Å²) in [5, 5.41) is 2.76. The third-order valence-corrected chi connectivity index (χ3v) is 5.89. The summed E-state index contributed by atoms with van der Waals surface area (Å²) >= 11 is 0. The van der Waals surface area contributed by atoms with E-state index in [1.807, 2.05) is 18.2 Å². The topological polar surface area (TPSA) is 42.2 Å². The molecule has 2 bridgehead atoms. The van der Waals surface area contributed by atoms with Gasteiger partial charge in [-0.05, 0) is 54.8 Å². The summed E-state index contributed by atoms with van der Waals surface area (Å²) in [4.78, 5) is 13.2. The Labute approximate surface area is 190 Å². The van der Waals surface area contributed by atoms with Crippen molar-refractivity contribution >= 4 is 28.3 Å². The highest BCUT2D eigenvalue weighted by Crippen LogP contribution is 2.36. The molecule has 2 heterocycles. The Kier molecular flexibility index (Phi) is 5.38. The lowest BCUT2D eigenvalue weighted by Gasteiger charge is -2.10. The van der Waals surface area contributed by atoms with E-state index in [2.05, 4.69) is 24.4 Å². The first-order chi connectivity index (χ1) is 16.0. The molecule has 1 amide bonds. The lowest BCUT2D eigenvalue weighted by Crippen LogP contribution is -2.13. The molecule has 2 aromatic carbocycles.